The van der Waals surface area contributed by atoms with Crippen molar-refractivity contribution >= 4 is 0 Å². The molecule has 0 radical (unpaired) electrons. The van der Waals surface area contributed by atoms with Crippen molar-refractivity contribution in [3.8, 4) is 0 Å². The van der Waals surface area contributed by atoms with Crippen LogP contribution in [0.3, 0.4) is 0 Å². The van der Waals surface area contributed by atoms with Gasteiger partial charge in [-0.25, -0.2) is 0 Å². The van der Waals surface area contributed by atoms with E-state index in [-0.39, 0.29) is 17.4 Å². The number of aromatic nitrogens is 3. The van der Waals surface area contributed by atoms with Gasteiger partial charge in [0.25, 0.3) is 0 Å². The molecule has 1 aliphatic heterocycles. The fourth-order valence-electron chi connectivity index (χ4n) is 3.69. The lowest BCUT2D eigenvalue weighted by atomic mass is 9.81. The number of pyridine rings is 1. The molecular formula is C18H23N3O2. The van der Waals surface area contributed by atoms with Crippen LogP contribution in [-0.2, 0) is 4.74 Å². The molecule has 3 heterocycles. The first kappa shape index (κ1) is 14.8. The second-order valence-corrected chi connectivity index (χ2v) is 7.78. The molecule has 1 saturated heterocycles. The summed E-state index contributed by atoms with van der Waals surface area (Å²) in [6.07, 6.45) is 5.93. The van der Waals surface area contributed by atoms with E-state index in [2.05, 4.69) is 37.0 Å². The van der Waals surface area contributed by atoms with Crippen LogP contribution in [0.4, 0.5) is 0 Å². The standard InChI is InChI=1S/C18H23N3O2/c1-18(2,3)15-12(6-8-22-15)16-20-17(23-21-16)14-9-13(14)11-5-4-7-19-10-11/h4-5,7,10,12-15H,6,8-9H2,1-3H3/t12-,13+,14+,15-/m0/s1. The molecule has 0 aromatic carbocycles. The summed E-state index contributed by atoms with van der Waals surface area (Å²) in [5.74, 6) is 2.64. The van der Waals surface area contributed by atoms with Crippen LogP contribution in [0.1, 0.15) is 68.6 Å². The zero-order valence-corrected chi connectivity index (χ0v) is 13.9. The normalized spacial score (nSPS) is 30.6. The lowest BCUT2D eigenvalue weighted by Gasteiger charge is -2.29. The van der Waals surface area contributed by atoms with Crippen LogP contribution in [0.5, 0.6) is 0 Å². The second kappa shape index (κ2) is 5.41. The van der Waals surface area contributed by atoms with Crippen molar-refractivity contribution in [1.29, 1.82) is 0 Å². The predicted octanol–water partition coefficient (Wildman–Crippen LogP) is 3.65. The molecule has 0 bridgehead atoms. The number of rotatable bonds is 3. The minimum Gasteiger partial charge on any atom is -0.377 e. The van der Waals surface area contributed by atoms with E-state index in [1.54, 1.807) is 6.20 Å². The number of hydrogen-bond acceptors (Lipinski definition) is 5. The summed E-state index contributed by atoms with van der Waals surface area (Å²) in [6, 6.07) is 4.10. The smallest absolute Gasteiger partial charge is 0.230 e. The van der Waals surface area contributed by atoms with E-state index in [0.717, 1.165) is 31.2 Å². The van der Waals surface area contributed by atoms with Crippen LogP contribution in [0.15, 0.2) is 29.0 Å². The second-order valence-electron chi connectivity index (χ2n) is 7.78. The van der Waals surface area contributed by atoms with Gasteiger partial charge in [0.2, 0.25) is 5.89 Å². The quantitative estimate of drug-likeness (QED) is 0.865. The third kappa shape index (κ3) is 2.78. The largest absolute Gasteiger partial charge is 0.377 e. The highest BCUT2D eigenvalue weighted by molar-refractivity contribution is 5.28. The first-order chi connectivity index (χ1) is 11.0. The molecule has 1 saturated carbocycles. The fraction of sp³-hybridized carbons (Fsp3) is 0.611. The van der Waals surface area contributed by atoms with Crippen LogP contribution < -0.4 is 0 Å². The van der Waals surface area contributed by atoms with Gasteiger partial charge in [0, 0.05) is 24.9 Å². The summed E-state index contributed by atoms with van der Waals surface area (Å²) in [5, 5.41) is 4.27. The molecule has 0 amide bonds. The SMILES string of the molecule is CC(C)(C)[C@H]1OCC[C@@H]1c1noc([C@@H]2C[C@@H]2c2cccnc2)n1. The lowest BCUT2D eigenvalue weighted by molar-refractivity contribution is 0.0193. The third-order valence-electron chi connectivity index (χ3n) is 4.95. The van der Waals surface area contributed by atoms with E-state index in [1.807, 2.05) is 12.3 Å². The van der Waals surface area contributed by atoms with E-state index < -0.39 is 0 Å². The third-order valence-corrected chi connectivity index (χ3v) is 4.95. The number of nitrogens with zero attached hydrogens (tertiary/aromatic N) is 3. The highest BCUT2D eigenvalue weighted by atomic mass is 16.5. The Bertz CT molecular complexity index is 677. The van der Waals surface area contributed by atoms with E-state index in [4.69, 9.17) is 14.2 Å². The van der Waals surface area contributed by atoms with Crippen molar-refractivity contribution in [2.45, 2.75) is 57.5 Å². The highest BCUT2D eigenvalue weighted by Crippen LogP contribution is 2.54. The summed E-state index contributed by atoms with van der Waals surface area (Å²) in [4.78, 5) is 8.91. The Kier molecular flexibility index (Phi) is 3.48. The van der Waals surface area contributed by atoms with Gasteiger partial charge in [0.15, 0.2) is 5.82 Å². The maximum absolute atomic E-state index is 5.93. The minimum atomic E-state index is 0.0831. The molecule has 5 heteroatoms. The van der Waals surface area contributed by atoms with Crippen LogP contribution in [0, 0.1) is 5.41 Å². The van der Waals surface area contributed by atoms with E-state index >= 15 is 0 Å². The first-order valence-corrected chi connectivity index (χ1v) is 8.39. The molecule has 2 aromatic rings. The van der Waals surface area contributed by atoms with Crippen molar-refractivity contribution in [3.05, 3.63) is 41.8 Å². The highest BCUT2D eigenvalue weighted by Gasteiger charge is 2.45. The topological polar surface area (TPSA) is 61.0 Å². The van der Waals surface area contributed by atoms with Gasteiger partial charge >= 0.3 is 0 Å². The summed E-state index contributed by atoms with van der Waals surface area (Å²) in [7, 11) is 0. The summed E-state index contributed by atoms with van der Waals surface area (Å²) in [5.41, 5.74) is 1.34. The van der Waals surface area contributed by atoms with Gasteiger partial charge in [-0.15, -0.1) is 0 Å². The Morgan fingerprint density at radius 1 is 1.17 bits per heavy atom. The van der Waals surface area contributed by atoms with Crippen LogP contribution in [0.25, 0.3) is 0 Å². The van der Waals surface area contributed by atoms with Gasteiger partial charge in [-0.1, -0.05) is 32.0 Å². The van der Waals surface area contributed by atoms with Crippen molar-refractivity contribution in [2.75, 3.05) is 6.61 Å². The Morgan fingerprint density at radius 3 is 2.78 bits per heavy atom. The lowest BCUT2D eigenvalue weighted by Crippen LogP contribution is -2.30. The minimum absolute atomic E-state index is 0.0831. The van der Waals surface area contributed by atoms with Gasteiger partial charge in [0.1, 0.15) is 0 Å². The van der Waals surface area contributed by atoms with Crippen LogP contribution in [0.2, 0.25) is 0 Å². The summed E-state index contributed by atoms with van der Waals surface area (Å²) in [6.45, 7) is 7.39. The van der Waals surface area contributed by atoms with Gasteiger partial charge < -0.3 is 9.26 Å². The molecule has 5 nitrogen and oxygen atoms in total. The van der Waals surface area contributed by atoms with Gasteiger partial charge in [-0.3, -0.25) is 4.98 Å². The van der Waals surface area contributed by atoms with Crippen molar-refractivity contribution in [1.82, 2.24) is 15.1 Å². The zero-order chi connectivity index (χ0) is 16.0. The van der Waals surface area contributed by atoms with Gasteiger partial charge in [0.05, 0.1) is 12.0 Å². The maximum atomic E-state index is 5.93. The number of hydrogen-bond donors (Lipinski definition) is 0. The average molecular weight is 313 g/mol. The molecule has 23 heavy (non-hydrogen) atoms. The molecular weight excluding hydrogens is 290 g/mol. The predicted molar refractivity (Wildman–Crippen MR) is 85.2 cm³/mol. The zero-order valence-electron chi connectivity index (χ0n) is 13.9. The summed E-state index contributed by atoms with van der Waals surface area (Å²) < 4.78 is 11.5. The summed E-state index contributed by atoms with van der Waals surface area (Å²) >= 11 is 0. The van der Waals surface area contributed by atoms with Crippen molar-refractivity contribution < 1.29 is 9.26 Å². The Hall–Kier alpha value is -1.75. The van der Waals surface area contributed by atoms with Gasteiger partial charge in [-0.05, 0) is 35.8 Å². The average Bonchev–Trinajstić information content (AvgIpc) is 2.97. The molecule has 2 aliphatic rings. The van der Waals surface area contributed by atoms with E-state index in [1.165, 1.54) is 5.56 Å². The Balaban J connectivity index is 1.50. The molecule has 2 fully saturated rings. The first-order valence-electron chi connectivity index (χ1n) is 8.39. The van der Waals surface area contributed by atoms with Gasteiger partial charge in [-0.2, -0.15) is 4.98 Å². The van der Waals surface area contributed by atoms with Crippen LogP contribution >= 0.6 is 0 Å². The molecule has 4 atom stereocenters. The fourth-order valence-corrected chi connectivity index (χ4v) is 3.69. The Morgan fingerprint density at radius 2 is 2.04 bits per heavy atom. The van der Waals surface area contributed by atoms with Crippen molar-refractivity contribution in [3.63, 3.8) is 0 Å². The molecule has 0 N–H and O–H groups in total. The van der Waals surface area contributed by atoms with E-state index in [0.29, 0.717) is 11.8 Å². The van der Waals surface area contributed by atoms with Crippen molar-refractivity contribution in [2.24, 2.45) is 5.41 Å². The molecule has 4 rings (SSSR count). The van der Waals surface area contributed by atoms with Crippen LogP contribution in [-0.4, -0.2) is 27.8 Å². The molecule has 1 aliphatic carbocycles. The molecule has 0 unspecified atom stereocenters. The number of ether oxygens (including phenoxy) is 1. The molecule has 0 spiro atoms. The molecule has 122 valence electrons. The van der Waals surface area contributed by atoms with E-state index in [9.17, 15) is 0 Å². The monoisotopic (exact) mass is 313 g/mol. The Labute approximate surface area is 136 Å². The molecule has 2 aromatic heterocycles. The maximum Gasteiger partial charge on any atom is 0.230 e.